The van der Waals surface area contributed by atoms with Gasteiger partial charge in [0.15, 0.2) is 0 Å². The average Bonchev–Trinajstić information content (AvgIpc) is 2.46. The Hall–Kier alpha value is -0.680. The third kappa shape index (κ3) is 6.66. The van der Waals surface area contributed by atoms with Crippen LogP contribution < -0.4 is 11.1 Å². The van der Waals surface area contributed by atoms with E-state index in [9.17, 15) is 5.11 Å². The normalized spacial score (nSPS) is 23.2. The zero-order chi connectivity index (χ0) is 14.8. The van der Waals surface area contributed by atoms with Gasteiger partial charge >= 0.3 is 0 Å². The highest BCUT2D eigenvalue weighted by molar-refractivity contribution is 4.96. The summed E-state index contributed by atoms with van der Waals surface area (Å²) in [5.74, 6) is 0. The third-order valence-corrected chi connectivity index (χ3v) is 3.71. The number of aliphatic hydroxyl groups excluding tert-OH is 1. The van der Waals surface area contributed by atoms with Crippen molar-refractivity contribution in [1.82, 2.24) is 5.32 Å². The molecule has 4 nitrogen and oxygen atoms in total. The molecule has 0 radical (unpaired) electrons. The number of ether oxygens (including phenoxy) is 1. The summed E-state index contributed by atoms with van der Waals surface area (Å²) in [4.78, 5) is 0. The molecule has 20 heavy (non-hydrogen) atoms. The van der Waals surface area contributed by atoms with E-state index in [1.54, 1.807) is 6.08 Å². The second-order valence-corrected chi connectivity index (χ2v) is 5.47. The van der Waals surface area contributed by atoms with Crippen molar-refractivity contribution in [2.75, 3.05) is 0 Å². The second kappa shape index (κ2) is 10.1. The first-order chi connectivity index (χ1) is 9.67. The summed E-state index contributed by atoms with van der Waals surface area (Å²) < 4.78 is 5.55. The quantitative estimate of drug-likeness (QED) is 0.327. The van der Waals surface area contributed by atoms with Gasteiger partial charge in [-0.3, -0.25) is 5.32 Å². The summed E-state index contributed by atoms with van der Waals surface area (Å²) in [7, 11) is 0. The van der Waals surface area contributed by atoms with Crippen LogP contribution in [0.3, 0.4) is 0 Å². The van der Waals surface area contributed by atoms with Gasteiger partial charge in [0.2, 0.25) is 6.41 Å². The number of aliphatic hydroxyl groups is 1. The van der Waals surface area contributed by atoms with E-state index in [2.05, 4.69) is 24.9 Å². The Morgan fingerprint density at radius 2 is 2.35 bits per heavy atom. The largest absolute Gasteiger partial charge is 0.356 e. The maximum Gasteiger partial charge on any atom is 0.214 e. The Morgan fingerprint density at radius 1 is 1.55 bits per heavy atom. The molecule has 0 spiro atoms. The van der Waals surface area contributed by atoms with E-state index >= 15 is 0 Å². The Kier molecular flexibility index (Phi) is 8.78. The zero-order valence-corrected chi connectivity index (χ0v) is 12.6. The lowest BCUT2D eigenvalue weighted by Gasteiger charge is -2.27. The molecule has 0 aromatic carbocycles. The molecule has 4 atom stereocenters. The molecule has 0 saturated carbocycles. The molecule has 1 aliphatic rings. The molecule has 0 bridgehead atoms. The standard InChI is InChI=1S/C16H30N2O2/c1-3-5-7-12-14(17)15(4-2)18-16(19)20-13-10-8-6-9-11-13/h4,8,10,13-16,18-19H,2-3,5-7,9,11-12,17H2,1H3/t13-,14?,15?,16-/m0/s1. The zero-order valence-electron chi connectivity index (χ0n) is 12.6. The maximum absolute atomic E-state index is 9.95. The average molecular weight is 282 g/mol. The summed E-state index contributed by atoms with van der Waals surface area (Å²) in [6.07, 6.45) is 12.4. The molecule has 4 heteroatoms. The lowest BCUT2D eigenvalue weighted by Crippen LogP contribution is -2.49. The van der Waals surface area contributed by atoms with Crippen molar-refractivity contribution in [1.29, 1.82) is 0 Å². The van der Waals surface area contributed by atoms with Gasteiger partial charge in [-0.05, 0) is 25.7 Å². The van der Waals surface area contributed by atoms with Gasteiger partial charge in [-0.2, -0.15) is 0 Å². The van der Waals surface area contributed by atoms with Crippen LogP contribution in [0.1, 0.15) is 51.9 Å². The van der Waals surface area contributed by atoms with Crippen molar-refractivity contribution in [2.45, 2.75) is 76.5 Å². The summed E-state index contributed by atoms with van der Waals surface area (Å²) in [6, 6.07) is -0.173. The molecule has 2 unspecified atom stereocenters. The Morgan fingerprint density at radius 3 is 2.95 bits per heavy atom. The summed E-state index contributed by atoms with van der Waals surface area (Å²) in [5, 5.41) is 12.9. The first-order valence-electron chi connectivity index (χ1n) is 7.81. The van der Waals surface area contributed by atoms with Crippen molar-refractivity contribution in [2.24, 2.45) is 5.73 Å². The third-order valence-electron chi connectivity index (χ3n) is 3.71. The van der Waals surface area contributed by atoms with Crippen LogP contribution in [-0.2, 0) is 4.74 Å². The van der Waals surface area contributed by atoms with Crippen LogP contribution in [0.25, 0.3) is 0 Å². The predicted octanol–water partition coefficient (Wildman–Crippen LogP) is 2.44. The van der Waals surface area contributed by atoms with E-state index in [-0.39, 0.29) is 18.2 Å². The number of rotatable bonds is 10. The number of nitrogens with one attached hydrogen (secondary N) is 1. The minimum absolute atomic E-state index is 0.00645. The van der Waals surface area contributed by atoms with Crippen molar-refractivity contribution in [3.63, 3.8) is 0 Å². The topological polar surface area (TPSA) is 67.5 Å². The fourth-order valence-corrected chi connectivity index (χ4v) is 2.44. The minimum Gasteiger partial charge on any atom is -0.356 e. The van der Waals surface area contributed by atoms with Crippen LogP contribution >= 0.6 is 0 Å². The van der Waals surface area contributed by atoms with E-state index in [4.69, 9.17) is 10.5 Å². The molecular weight excluding hydrogens is 252 g/mol. The number of hydrogen-bond donors (Lipinski definition) is 3. The molecule has 0 aromatic heterocycles. The molecule has 116 valence electrons. The molecule has 0 aromatic rings. The van der Waals surface area contributed by atoms with E-state index < -0.39 is 6.41 Å². The van der Waals surface area contributed by atoms with E-state index in [1.165, 1.54) is 12.8 Å². The highest BCUT2D eigenvalue weighted by Gasteiger charge is 2.20. The van der Waals surface area contributed by atoms with E-state index in [0.29, 0.717) is 0 Å². The highest BCUT2D eigenvalue weighted by Crippen LogP contribution is 2.14. The lowest BCUT2D eigenvalue weighted by molar-refractivity contribution is -0.147. The fraction of sp³-hybridized carbons (Fsp3) is 0.750. The lowest BCUT2D eigenvalue weighted by atomic mass is 10.0. The molecule has 0 fully saturated rings. The van der Waals surface area contributed by atoms with Crippen LogP contribution in [0.2, 0.25) is 0 Å². The van der Waals surface area contributed by atoms with Gasteiger partial charge in [0.1, 0.15) is 0 Å². The van der Waals surface area contributed by atoms with Crippen molar-refractivity contribution in [3.8, 4) is 0 Å². The van der Waals surface area contributed by atoms with Crippen molar-refractivity contribution < 1.29 is 9.84 Å². The molecular formula is C16H30N2O2. The SMILES string of the molecule is C=CC(N[C@@H](O)O[C@H]1C=CCCC1)C(N)CCCCC. The Bertz CT molecular complexity index is 294. The first-order valence-corrected chi connectivity index (χ1v) is 7.81. The van der Waals surface area contributed by atoms with Crippen LogP contribution in [0.5, 0.6) is 0 Å². The highest BCUT2D eigenvalue weighted by atomic mass is 16.6. The summed E-state index contributed by atoms with van der Waals surface area (Å²) >= 11 is 0. The monoisotopic (exact) mass is 282 g/mol. The Labute approximate surface area is 123 Å². The molecule has 4 N–H and O–H groups in total. The smallest absolute Gasteiger partial charge is 0.214 e. The summed E-state index contributed by atoms with van der Waals surface area (Å²) in [5.41, 5.74) is 6.14. The van der Waals surface area contributed by atoms with E-state index in [1.807, 2.05) is 6.08 Å². The van der Waals surface area contributed by atoms with Crippen LogP contribution in [0, 0.1) is 0 Å². The number of allylic oxidation sites excluding steroid dienone is 1. The fourth-order valence-electron chi connectivity index (χ4n) is 2.44. The molecule has 0 saturated heterocycles. The number of unbranched alkanes of at least 4 members (excludes halogenated alkanes) is 2. The minimum atomic E-state index is -0.997. The molecule has 1 aliphatic carbocycles. The molecule has 0 aliphatic heterocycles. The number of hydrogen-bond acceptors (Lipinski definition) is 4. The summed E-state index contributed by atoms with van der Waals surface area (Å²) in [6.45, 7) is 5.96. The first kappa shape index (κ1) is 17.4. The van der Waals surface area contributed by atoms with Crippen LogP contribution in [0.4, 0.5) is 0 Å². The van der Waals surface area contributed by atoms with Crippen molar-refractivity contribution in [3.05, 3.63) is 24.8 Å². The van der Waals surface area contributed by atoms with Crippen LogP contribution in [-0.4, -0.2) is 29.7 Å². The molecule has 0 amide bonds. The maximum atomic E-state index is 9.95. The van der Waals surface area contributed by atoms with Gasteiger partial charge in [-0.25, -0.2) is 0 Å². The van der Waals surface area contributed by atoms with Gasteiger partial charge in [0.05, 0.1) is 6.10 Å². The van der Waals surface area contributed by atoms with Gasteiger partial charge in [-0.15, -0.1) is 6.58 Å². The van der Waals surface area contributed by atoms with Gasteiger partial charge < -0.3 is 15.6 Å². The predicted molar refractivity (Wildman–Crippen MR) is 83.1 cm³/mol. The Balaban J connectivity index is 2.32. The van der Waals surface area contributed by atoms with Gasteiger partial charge in [0.25, 0.3) is 0 Å². The van der Waals surface area contributed by atoms with E-state index in [0.717, 1.165) is 32.1 Å². The van der Waals surface area contributed by atoms with Crippen molar-refractivity contribution >= 4 is 0 Å². The van der Waals surface area contributed by atoms with Gasteiger partial charge in [0, 0.05) is 12.1 Å². The second-order valence-electron chi connectivity index (χ2n) is 5.47. The molecule has 1 rings (SSSR count). The molecule has 0 heterocycles. The van der Waals surface area contributed by atoms with Crippen LogP contribution in [0.15, 0.2) is 24.8 Å². The number of nitrogens with two attached hydrogens (primary N) is 1. The van der Waals surface area contributed by atoms with Gasteiger partial charge in [-0.1, -0.05) is 44.4 Å².